The number of fused-ring (bicyclic) bond motifs is 1. The van der Waals surface area contributed by atoms with Crippen LogP contribution in [0.1, 0.15) is 5.56 Å². The van der Waals surface area contributed by atoms with E-state index in [0.717, 1.165) is 16.5 Å². The molecule has 0 aliphatic rings. The largest absolute Gasteiger partial charge is 0.256 e. The Balaban J connectivity index is 2.67. The van der Waals surface area contributed by atoms with Crippen LogP contribution < -0.4 is 5.73 Å². The molecule has 0 unspecified atom stereocenters. The van der Waals surface area contributed by atoms with Crippen LogP contribution in [0.4, 0.5) is 0 Å². The average molecular weight is 157 g/mol. The maximum absolute atomic E-state index is 7.20. The van der Waals surface area contributed by atoms with Crippen molar-refractivity contribution in [3.05, 3.63) is 42.1 Å². The molecule has 59 valence electrons. The first-order valence-electron chi connectivity index (χ1n) is 3.88. The lowest BCUT2D eigenvalue weighted by molar-refractivity contribution is 1.03. The topological polar surface area (TPSA) is 36.7 Å². The number of hydrogen-bond donors (Lipinski definition) is 0. The van der Waals surface area contributed by atoms with Crippen molar-refractivity contribution < 1.29 is 0 Å². The van der Waals surface area contributed by atoms with Gasteiger partial charge in [0.25, 0.3) is 0 Å². The monoisotopic (exact) mass is 157 g/mol. The maximum atomic E-state index is 7.20. The molecule has 2 nitrogen and oxygen atoms in total. The van der Waals surface area contributed by atoms with Crippen molar-refractivity contribution >= 4 is 10.9 Å². The van der Waals surface area contributed by atoms with Gasteiger partial charge in [0, 0.05) is 18.1 Å². The Morgan fingerprint density at radius 3 is 3.00 bits per heavy atom. The van der Waals surface area contributed by atoms with Crippen LogP contribution >= 0.6 is 0 Å². The van der Waals surface area contributed by atoms with Gasteiger partial charge in [-0.25, -0.2) is 0 Å². The molecule has 2 aromatic rings. The molecule has 0 aliphatic heterocycles. The quantitative estimate of drug-likeness (QED) is 0.623. The normalized spacial score (nSPS) is 10.4. The van der Waals surface area contributed by atoms with Crippen molar-refractivity contribution in [1.29, 1.82) is 0 Å². The second kappa shape index (κ2) is 2.91. The minimum Gasteiger partial charge on any atom is -0.256 e. The van der Waals surface area contributed by atoms with E-state index in [1.807, 2.05) is 30.3 Å². The average Bonchev–Trinajstić information content (AvgIpc) is 2.17. The summed E-state index contributed by atoms with van der Waals surface area (Å²) >= 11 is 0. The Morgan fingerprint density at radius 2 is 2.17 bits per heavy atom. The van der Waals surface area contributed by atoms with Crippen LogP contribution in [-0.4, -0.2) is 4.98 Å². The molecule has 0 spiro atoms. The van der Waals surface area contributed by atoms with E-state index in [9.17, 15) is 0 Å². The second-order valence-corrected chi connectivity index (χ2v) is 2.71. The van der Waals surface area contributed by atoms with E-state index in [1.54, 1.807) is 6.20 Å². The second-order valence-electron chi connectivity index (χ2n) is 2.71. The number of nitrogens with one attached hydrogen (secondary N) is 1. The fourth-order valence-corrected chi connectivity index (χ4v) is 1.24. The summed E-state index contributed by atoms with van der Waals surface area (Å²) in [5, 5.41) is 1.11. The van der Waals surface area contributed by atoms with Crippen LogP contribution in [0, 0.1) is 0 Å². The Morgan fingerprint density at radius 1 is 1.25 bits per heavy atom. The summed E-state index contributed by atoms with van der Waals surface area (Å²) in [4.78, 5) is 4.20. The molecule has 1 radical (unpaired) electrons. The summed E-state index contributed by atoms with van der Waals surface area (Å²) in [5.41, 5.74) is 9.23. The molecule has 12 heavy (non-hydrogen) atoms. The first kappa shape index (κ1) is 7.25. The third-order valence-corrected chi connectivity index (χ3v) is 1.87. The van der Waals surface area contributed by atoms with Gasteiger partial charge in [-0.1, -0.05) is 12.1 Å². The maximum Gasteiger partial charge on any atom is 0.0702 e. The molecule has 0 aliphatic carbocycles. The first-order chi connectivity index (χ1) is 5.90. The van der Waals surface area contributed by atoms with Crippen molar-refractivity contribution in [2.75, 3.05) is 0 Å². The summed E-state index contributed by atoms with van der Waals surface area (Å²) in [6, 6.07) is 9.84. The Labute approximate surface area is 71.0 Å². The lowest BCUT2D eigenvalue weighted by Gasteiger charge is -1.98. The molecule has 1 heterocycles. The van der Waals surface area contributed by atoms with Gasteiger partial charge in [-0.3, -0.25) is 10.7 Å². The van der Waals surface area contributed by atoms with Gasteiger partial charge in [-0.15, -0.1) is 0 Å². The number of benzene rings is 1. The summed E-state index contributed by atoms with van der Waals surface area (Å²) in [6.07, 6.45) is 1.78. The highest BCUT2D eigenvalue weighted by Crippen LogP contribution is 2.12. The van der Waals surface area contributed by atoms with Crippen molar-refractivity contribution in [3.63, 3.8) is 0 Å². The number of pyridine rings is 1. The summed E-state index contributed by atoms with van der Waals surface area (Å²) in [5.74, 6) is 0. The number of rotatable bonds is 1. The van der Waals surface area contributed by atoms with Crippen LogP contribution in [0.15, 0.2) is 36.5 Å². The number of hydrogen-bond acceptors (Lipinski definition) is 1. The third-order valence-electron chi connectivity index (χ3n) is 1.87. The van der Waals surface area contributed by atoms with E-state index in [0.29, 0.717) is 6.54 Å². The molecular formula is C10H9N2. The molecule has 1 N–H and O–H groups in total. The lowest BCUT2D eigenvalue weighted by Crippen LogP contribution is -1.85. The van der Waals surface area contributed by atoms with Crippen LogP contribution in [0.5, 0.6) is 0 Å². The van der Waals surface area contributed by atoms with E-state index in [1.165, 1.54) is 0 Å². The molecule has 0 fully saturated rings. The van der Waals surface area contributed by atoms with Crippen LogP contribution in [-0.2, 0) is 6.54 Å². The van der Waals surface area contributed by atoms with E-state index < -0.39 is 0 Å². The zero-order chi connectivity index (χ0) is 8.39. The Hall–Kier alpha value is -1.41. The van der Waals surface area contributed by atoms with Gasteiger partial charge in [0.2, 0.25) is 0 Å². The zero-order valence-electron chi connectivity index (χ0n) is 6.62. The van der Waals surface area contributed by atoms with Crippen LogP contribution in [0.2, 0.25) is 0 Å². The highest BCUT2D eigenvalue weighted by molar-refractivity contribution is 5.78. The molecule has 0 saturated carbocycles. The Kier molecular flexibility index (Phi) is 1.76. The van der Waals surface area contributed by atoms with Crippen LogP contribution in [0.3, 0.4) is 0 Å². The van der Waals surface area contributed by atoms with Crippen molar-refractivity contribution in [3.8, 4) is 0 Å². The van der Waals surface area contributed by atoms with Crippen molar-refractivity contribution in [1.82, 2.24) is 10.7 Å². The highest BCUT2D eigenvalue weighted by Gasteiger charge is 1.93. The summed E-state index contributed by atoms with van der Waals surface area (Å²) in [7, 11) is 0. The number of aromatic nitrogens is 1. The Bertz CT molecular complexity index is 396. The third kappa shape index (κ3) is 1.17. The molecule has 0 amide bonds. The van der Waals surface area contributed by atoms with Gasteiger partial charge < -0.3 is 0 Å². The molecule has 2 rings (SSSR count). The molecule has 0 saturated heterocycles. The van der Waals surface area contributed by atoms with Crippen LogP contribution in [0.25, 0.3) is 10.9 Å². The zero-order valence-corrected chi connectivity index (χ0v) is 6.62. The van der Waals surface area contributed by atoms with E-state index in [-0.39, 0.29) is 0 Å². The molecule has 1 aromatic carbocycles. The van der Waals surface area contributed by atoms with Gasteiger partial charge in [0.15, 0.2) is 0 Å². The van der Waals surface area contributed by atoms with Crippen molar-refractivity contribution in [2.24, 2.45) is 0 Å². The lowest BCUT2D eigenvalue weighted by atomic mass is 10.1. The smallest absolute Gasteiger partial charge is 0.0702 e. The SMILES string of the molecule is [NH]Cc1ccc2ncccc2c1. The van der Waals surface area contributed by atoms with Crippen molar-refractivity contribution in [2.45, 2.75) is 6.54 Å². The highest BCUT2D eigenvalue weighted by atomic mass is 14.6. The molecule has 0 atom stereocenters. The fourth-order valence-electron chi connectivity index (χ4n) is 1.24. The predicted molar refractivity (Wildman–Crippen MR) is 48.5 cm³/mol. The molecule has 1 aromatic heterocycles. The summed E-state index contributed by atoms with van der Waals surface area (Å²) in [6.45, 7) is 0.338. The van der Waals surface area contributed by atoms with Gasteiger partial charge in [0.05, 0.1) is 5.52 Å². The van der Waals surface area contributed by atoms with Gasteiger partial charge in [-0.05, 0) is 23.8 Å². The van der Waals surface area contributed by atoms with E-state index in [2.05, 4.69) is 4.98 Å². The molecule has 0 bridgehead atoms. The summed E-state index contributed by atoms with van der Waals surface area (Å²) < 4.78 is 0. The van der Waals surface area contributed by atoms with E-state index >= 15 is 0 Å². The van der Waals surface area contributed by atoms with E-state index in [4.69, 9.17) is 5.73 Å². The predicted octanol–water partition coefficient (Wildman–Crippen LogP) is 2.02. The fraction of sp³-hybridized carbons (Fsp3) is 0.100. The minimum atomic E-state index is 0.338. The first-order valence-corrected chi connectivity index (χ1v) is 3.88. The van der Waals surface area contributed by atoms with Gasteiger partial charge >= 0.3 is 0 Å². The molecular weight excluding hydrogens is 148 g/mol. The number of nitrogens with zero attached hydrogens (tertiary/aromatic N) is 1. The van der Waals surface area contributed by atoms with Gasteiger partial charge in [-0.2, -0.15) is 0 Å². The molecule has 2 heteroatoms. The van der Waals surface area contributed by atoms with Gasteiger partial charge in [0.1, 0.15) is 0 Å². The standard InChI is InChI=1S/C10H9N2/c11-7-8-3-4-10-9(6-8)2-1-5-12-10/h1-6,11H,7H2. The minimum absolute atomic E-state index is 0.338.